The Bertz CT molecular complexity index is 942. The Morgan fingerprint density at radius 3 is 2.88 bits per heavy atom. The minimum Gasteiger partial charge on any atom is -0.360 e. The normalized spacial score (nSPS) is 15.5. The Hall–Kier alpha value is -2.76. The Kier molecular flexibility index (Phi) is 4.41. The highest BCUT2D eigenvalue weighted by Gasteiger charge is 2.29. The first-order valence-electron chi connectivity index (χ1n) is 9.12. The maximum absolute atomic E-state index is 12.9. The van der Waals surface area contributed by atoms with Crippen LogP contribution in [-0.2, 0) is 6.42 Å². The topological polar surface area (TPSA) is 72.1 Å². The van der Waals surface area contributed by atoms with Crippen LogP contribution in [0.15, 0.2) is 35.1 Å². The zero-order chi connectivity index (χ0) is 18.1. The largest absolute Gasteiger partial charge is 0.360 e. The number of pyridine rings is 2. The second-order valence-electron chi connectivity index (χ2n) is 6.79. The summed E-state index contributed by atoms with van der Waals surface area (Å²) < 4.78 is 5.27. The third kappa shape index (κ3) is 2.96. The lowest BCUT2D eigenvalue weighted by Crippen LogP contribution is -2.38. The molecular formula is C20H22N4O2. The molecule has 0 N–H and O–H groups in total. The quantitative estimate of drug-likeness (QED) is 0.723. The fraction of sp³-hybridized carbons (Fsp3) is 0.400. The van der Waals surface area contributed by atoms with E-state index in [-0.39, 0.29) is 5.91 Å². The average Bonchev–Trinajstić information content (AvgIpc) is 3.07. The van der Waals surface area contributed by atoms with Crippen LogP contribution in [0, 0.1) is 6.92 Å². The molecular weight excluding hydrogens is 328 g/mol. The van der Waals surface area contributed by atoms with E-state index in [1.54, 1.807) is 6.20 Å². The van der Waals surface area contributed by atoms with Crippen molar-refractivity contribution in [2.75, 3.05) is 13.1 Å². The lowest BCUT2D eigenvalue weighted by atomic mass is 9.92. The molecule has 0 aliphatic carbocycles. The van der Waals surface area contributed by atoms with E-state index >= 15 is 0 Å². The first-order valence-corrected chi connectivity index (χ1v) is 9.12. The van der Waals surface area contributed by atoms with Crippen molar-refractivity contribution in [3.8, 4) is 0 Å². The summed E-state index contributed by atoms with van der Waals surface area (Å²) in [5.41, 5.74) is 3.36. The molecule has 6 nitrogen and oxygen atoms in total. The summed E-state index contributed by atoms with van der Waals surface area (Å²) in [5, 5.41) is 5.01. The summed E-state index contributed by atoms with van der Waals surface area (Å²) in [6.45, 7) is 5.25. The van der Waals surface area contributed by atoms with Crippen LogP contribution in [0.1, 0.15) is 53.2 Å². The third-order valence-corrected chi connectivity index (χ3v) is 5.18. The lowest BCUT2D eigenvalue weighted by molar-refractivity contribution is 0.0709. The van der Waals surface area contributed by atoms with Gasteiger partial charge in [0.2, 0.25) is 0 Å². The van der Waals surface area contributed by atoms with Gasteiger partial charge in [-0.3, -0.25) is 14.8 Å². The molecule has 0 spiro atoms. The van der Waals surface area contributed by atoms with Crippen molar-refractivity contribution in [1.82, 2.24) is 20.0 Å². The average molecular weight is 350 g/mol. The van der Waals surface area contributed by atoms with Gasteiger partial charge in [0.15, 0.2) is 0 Å². The Labute approximate surface area is 152 Å². The van der Waals surface area contributed by atoms with Gasteiger partial charge in [0, 0.05) is 48.9 Å². The maximum atomic E-state index is 12.9. The minimum absolute atomic E-state index is 0.0344. The molecule has 0 saturated carbocycles. The summed E-state index contributed by atoms with van der Waals surface area (Å²) in [5.74, 6) is 1.07. The van der Waals surface area contributed by atoms with Crippen molar-refractivity contribution in [3.05, 3.63) is 53.3 Å². The van der Waals surface area contributed by atoms with E-state index in [2.05, 4.69) is 21.2 Å². The summed E-state index contributed by atoms with van der Waals surface area (Å²) >= 11 is 0. The van der Waals surface area contributed by atoms with Gasteiger partial charge in [-0.15, -0.1) is 0 Å². The van der Waals surface area contributed by atoms with E-state index in [4.69, 9.17) is 4.52 Å². The van der Waals surface area contributed by atoms with Gasteiger partial charge in [-0.2, -0.15) is 0 Å². The molecule has 3 aromatic rings. The fourth-order valence-corrected chi connectivity index (χ4v) is 3.67. The molecule has 26 heavy (non-hydrogen) atoms. The second kappa shape index (κ2) is 6.86. The number of amides is 1. The Balaban J connectivity index is 1.48. The van der Waals surface area contributed by atoms with Crippen LogP contribution in [0.3, 0.4) is 0 Å². The van der Waals surface area contributed by atoms with Crippen molar-refractivity contribution >= 4 is 16.8 Å². The Morgan fingerprint density at radius 1 is 1.31 bits per heavy atom. The highest BCUT2D eigenvalue weighted by Crippen LogP contribution is 2.29. The van der Waals surface area contributed by atoms with Gasteiger partial charge in [-0.1, -0.05) is 12.1 Å². The van der Waals surface area contributed by atoms with Gasteiger partial charge >= 0.3 is 0 Å². The molecule has 4 rings (SSSR count). The molecule has 1 aliphatic heterocycles. The van der Waals surface area contributed by atoms with Crippen LogP contribution in [0.25, 0.3) is 10.9 Å². The molecule has 1 amide bonds. The van der Waals surface area contributed by atoms with Crippen LogP contribution in [0.4, 0.5) is 0 Å². The van der Waals surface area contributed by atoms with Crippen LogP contribution in [0.5, 0.6) is 0 Å². The summed E-state index contributed by atoms with van der Waals surface area (Å²) in [7, 11) is 0. The maximum Gasteiger partial charge on any atom is 0.259 e. The smallest absolute Gasteiger partial charge is 0.259 e. The molecule has 0 unspecified atom stereocenters. The molecule has 6 heteroatoms. The third-order valence-electron chi connectivity index (χ3n) is 5.18. The number of aryl methyl sites for hydroxylation is 2. The van der Waals surface area contributed by atoms with Crippen LogP contribution in [0.2, 0.25) is 0 Å². The van der Waals surface area contributed by atoms with Crippen molar-refractivity contribution < 1.29 is 9.32 Å². The highest BCUT2D eigenvalue weighted by atomic mass is 16.5. The number of piperidine rings is 1. The minimum atomic E-state index is 0.0344. The van der Waals surface area contributed by atoms with Gasteiger partial charge in [-0.05, 0) is 38.0 Å². The number of fused-ring (bicyclic) bond motifs is 1. The first-order chi connectivity index (χ1) is 12.7. The number of aromatic nitrogens is 3. The standard InChI is InChI=1S/C20H22N4O2/c1-3-18-19(13(2)23-26-18)20(25)24-9-6-14(7-10-24)16-11-17-15(12-22-16)5-4-8-21-17/h4-5,8,11-12,14H,3,6-7,9-10H2,1-2H3. The van der Waals surface area contributed by atoms with Gasteiger partial charge < -0.3 is 9.42 Å². The van der Waals surface area contributed by atoms with E-state index in [1.807, 2.05) is 37.1 Å². The number of likely N-dealkylation sites (tertiary alicyclic amines) is 1. The van der Waals surface area contributed by atoms with Gasteiger partial charge in [0.05, 0.1) is 11.2 Å². The highest BCUT2D eigenvalue weighted by molar-refractivity contribution is 5.96. The second-order valence-corrected chi connectivity index (χ2v) is 6.79. The molecule has 4 heterocycles. The van der Waals surface area contributed by atoms with Crippen molar-refractivity contribution in [1.29, 1.82) is 0 Å². The van der Waals surface area contributed by atoms with E-state index in [0.29, 0.717) is 29.4 Å². The number of hydrogen-bond acceptors (Lipinski definition) is 5. The molecule has 0 bridgehead atoms. The summed E-state index contributed by atoms with van der Waals surface area (Å²) in [4.78, 5) is 23.8. The van der Waals surface area contributed by atoms with E-state index in [9.17, 15) is 4.79 Å². The number of nitrogens with zero attached hydrogens (tertiary/aromatic N) is 4. The Morgan fingerprint density at radius 2 is 2.12 bits per heavy atom. The number of carbonyl (C=O) groups excluding carboxylic acids is 1. The van der Waals surface area contributed by atoms with E-state index in [1.165, 1.54) is 0 Å². The fourth-order valence-electron chi connectivity index (χ4n) is 3.67. The van der Waals surface area contributed by atoms with Crippen molar-refractivity contribution in [3.63, 3.8) is 0 Å². The molecule has 3 aromatic heterocycles. The molecule has 0 aromatic carbocycles. The zero-order valence-electron chi connectivity index (χ0n) is 15.1. The molecule has 0 atom stereocenters. The van der Waals surface area contributed by atoms with E-state index in [0.717, 1.165) is 42.5 Å². The van der Waals surface area contributed by atoms with Gasteiger partial charge in [0.25, 0.3) is 5.91 Å². The van der Waals surface area contributed by atoms with E-state index < -0.39 is 0 Å². The predicted octanol–water partition coefficient (Wildman–Crippen LogP) is 3.51. The van der Waals surface area contributed by atoms with Crippen molar-refractivity contribution in [2.24, 2.45) is 0 Å². The molecule has 1 aliphatic rings. The molecule has 134 valence electrons. The van der Waals surface area contributed by atoms with Gasteiger partial charge in [-0.25, -0.2) is 0 Å². The molecule has 1 fully saturated rings. The lowest BCUT2D eigenvalue weighted by Gasteiger charge is -2.31. The van der Waals surface area contributed by atoms with Crippen LogP contribution in [-0.4, -0.2) is 39.0 Å². The summed E-state index contributed by atoms with van der Waals surface area (Å²) in [6.07, 6.45) is 6.18. The number of carbonyl (C=O) groups is 1. The monoisotopic (exact) mass is 350 g/mol. The SMILES string of the molecule is CCc1onc(C)c1C(=O)N1CCC(c2cc3ncccc3cn2)CC1. The number of rotatable bonds is 3. The van der Waals surface area contributed by atoms with Crippen molar-refractivity contribution in [2.45, 2.75) is 39.0 Å². The molecule has 1 saturated heterocycles. The number of hydrogen-bond donors (Lipinski definition) is 0. The van der Waals surface area contributed by atoms with Gasteiger partial charge in [0.1, 0.15) is 11.3 Å². The first kappa shape index (κ1) is 16.7. The molecule has 0 radical (unpaired) electrons. The van der Waals surface area contributed by atoms with Crippen LogP contribution < -0.4 is 0 Å². The van der Waals surface area contributed by atoms with Crippen LogP contribution >= 0.6 is 0 Å². The zero-order valence-corrected chi connectivity index (χ0v) is 15.1. The predicted molar refractivity (Wildman–Crippen MR) is 98.0 cm³/mol. The summed E-state index contributed by atoms with van der Waals surface area (Å²) in [6, 6.07) is 6.02.